The number of carbonyl (C=O) groups excluding carboxylic acids is 1. The molecule has 1 aromatic carbocycles. The number of β-amino-alcohol motifs (C(OH)–C–C–N with tert-alkyl or cyclic N) is 1. The average molecular weight is 328 g/mol. The number of aromatic nitrogens is 1. The van der Waals surface area contributed by atoms with Crippen molar-refractivity contribution < 1.29 is 14.3 Å². The molecule has 24 heavy (non-hydrogen) atoms. The molecule has 1 aliphatic heterocycles. The van der Waals surface area contributed by atoms with Crippen LogP contribution in [0.25, 0.3) is 0 Å². The number of pyridine rings is 1. The van der Waals surface area contributed by atoms with Gasteiger partial charge in [-0.05, 0) is 55.0 Å². The van der Waals surface area contributed by atoms with E-state index < -0.39 is 6.10 Å². The van der Waals surface area contributed by atoms with Gasteiger partial charge in [0.05, 0.1) is 6.10 Å². The Bertz CT molecular complexity index is 735. The minimum absolute atomic E-state index is 0.0365. The zero-order chi connectivity index (χ0) is 17.1. The summed E-state index contributed by atoms with van der Waals surface area (Å²) in [4.78, 5) is 18.3. The minimum atomic E-state index is -0.604. The molecule has 2 aromatic rings. The van der Waals surface area contributed by atoms with E-state index >= 15 is 0 Å². The molecule has 2 heterocycles. The number of hydrogen-bond acceptors (Lipinski definition) is 3. The largest absolute Gasteiger partial charge is 0.391 e. The molecule has 0 radical (unpaired) electrons. The molecule has 1 aliphatic rings. The number of amides is 1. The van der Waals surface area contributed by atoms with Crippen LogP contribution in [0.15, 0.2) is 42.7 Å². The maximum absolute atomic E-state index is 13.3. The first kappa shape index (κ1) is 16.6. The lowest BCUT2D eigenvalue weighted by molar-refractivity contribution is 0.0197. The fourth-order valence-electron chi connectivity index (χ4n) is 3.25. The molecule has 0 aliphatic carbocycles. The van der Waals surface area contributed by atoms with E-state index in [0.29, 0.717) is 31.5 Å². The van der Waals surface area contributed by atoms with Crippen molar-refractivity contribution in [2.75, 3.05) is 13.1 Å². The van der Waals surface area contributed by atoms with Crippen LogP contribution in [0.4, 0.5) is 4.39 Å². The van der Waals surface area contributed by atoms with Crippen LogP contribution in [0.3, 0.4) is 0 Å². The average Bonchev–Trinajstić information content (AvgIpc) is 2.56. The van der Waals surface area contributed by atoms with Crippen molar-refractivity contribution in [3.05, 3.63) is 65.2 Å². The number of aryl methyl sites for hydroxylation is 1. The first-order chi connectivity index (χ1) is 11.5. The lowest BCUT2D eigenvalue weighted by Crippen LogP contribution is -2.47. The Morgan fingerprint density at radius 1 is 1.42 bits per heavy atom. The highest BCUT2D eigenvalue weighted by Crippen LogP contribution is 2.24. The summed E-state index contributed by atoms with van der Waals surface area (Å²) < 4.78 is 13.3. The molecule has 1 fully saturated rings. The van der Waals surface area contributed by atoms with E-state index in [1.165, 1.54) is 12.1 Å². The fourth-order valence-corrected chi connectivity index (χ4v) is 3.25. The summed E-state index contributed by atoms with van der Waals surface area (Å²) in [5, 5.41) is 10.4. The third-order valence-electron chi connectivity index (χ3n) is 4.65. The van der Waals surface area contributed by atoms with Crippen molar-refractivity contribution >= 4 is 5.91 Å². The van der Waals surface area contributed by atoms with Gasteiger partial charge in [-0.15, -0.1) is 0 Å². The van der Waals surface area contributed by atoms with Gasteiger partial charge in [0.2, 0.25) is 0 Å². The maximum atomic E-state index is 13.3. The molecule has 1 saturated heterocycles. The lowest BCUT2D eigenvalue weighted by atomic mass is 9.87. The monoisotopic (exact) mass is 328 g/mol. The molecule has 0 unspecified atom stereocenters. The van der Waals surface area contributed by atoms with Crippen molar-refractivity contribution in [1.29, 1.82) is 0 Å². The van der Waals surface area contributed by atoms with Gasteiger partial charge in [-0.25, -0.2) is 4.39 Å². The van der Waals surface area contributed by atoms with Crippen LogP contribution in [-0.2, 0) is 6.42 Å². The smallest absolute Gasteiger partial charge is 0.254 e. The summed E-state index contributed by atoms with van der Waals surface area (Å²) >= 11 is 0. The SMILES string of the molecule is Cc1cnccc1C(=O)N1CC[C@H](Cc2cccc(F)c2)[C@@H](O)C1. The van der Waals surface area contributed by atoms with Crippen molar-refractivity contribution in [3.63, 3.8) is 0 Å². The van der Waals surface area contributed by atoms with Gasteiger partial charge in [-0.2, -0.15) is 0 Å². The van der Waals surface area contributed by atoms with Gasteiger partial charge in [0.25, 0.3) is 5.91 Å². The van der Waals surface area contributed by atoms with E-state index in [2.05, 4.69) is 4.98 Å². The van der Waals surface area contributed by atoms with Crippen LogP contribution < -0.4 is 0 Å². The highest BCUT2D eigenvalue weighted by atomic mass is 19.1. The summed E-state index contributed by atoms with van der Waals surface area (Å²) in [5.41, 5.74) is 2.34. The standard InChI is InChI=1S/C19H21FN2O2/c1-13-11-21-7-5-17(13)19(24)22-8-6-15(18(23)12-22)9-14-3-2-4-16(20)10-14/h2-5,7,10-11,15,18,23H,6,8-9,12H2,1H3/t15-,18+/m1/s1. The Kier molecular flexibility index (Phi) is 4.90. The summed E-state index contributed by atoms with van der Waals surface area (Å²) in [5.74, 6) is -0.296. The summed E-state index contributed by atoms with van der Waals surface area (Å²) in [6.45, 7) is 2.76. The topological polar surface area (TPSA) is 53.4 Å². The molecule has 0 saturated carbocycles. The number of halogens is 1. The number of aliphatic hydroxyl groups excluding tert-OH is 1. The molecule has 4 nitrogen and oxygen atoms in total. The van der Waals surface area contributed by atoms with E-state index in [0.717, 1.165) is 11.1 Å². The first-order valence-corrected chi connectivity index (χ1v) is 8.17. The molecule has 3 rings (SSSR count). The predicted octanol–water partition coefficient (Wildman–Crippen LogP) is 2.59. The van der Waals surface area contributed by atoms with Crippen molar-refractivity contribution in [3.8, 4) is 0 Å². The summed E-state index contributed by atoms with van der Waals surface area (Å²) in [7, 11) is 0. The Balaban J connectivity index is 1.65. The molecule has 1 N–H and O–H groups in total. The zero-order valence-electron chi connectivity index (χ0n) is 13.7. The molecular formula is C19H21FN2O2. The molecule has 5 heteroatoms. The number of nitrogens with zero attached hydrogens (tertiary/aromatic N) is 2. The van der Waals surface area contributed by atoms with Crippen LogP contribution in [0.5, 0.6) is 0 Å². The Morgan fingerprint density at radius 3 is 2.96 bits per heavy atom. The molecular weight excluding hydrogens is 307 g/mol. The molecule has 126 valence electrons. The van der Waals surface area contributed by atoms with Gasteiger partial charge in [0.15, 0.2) is 0 Å². The zero-order valence-corrected chi connectivity index (χ0v) is 13.7. The Morgan fingerprint density at radius 2 is 2.25 bits per heavy atom. The van der Waals surface area contributed by atoms with Gasteiger partial charge in [-0.1, -0.05) is 12.1 Å². The van der Waals surface area contributed by atoms with Gasteiger partial charge < -0.3 is 10.0 Å². The van der Waals surface area contributed by atoms with Crippen LogP contribution in [0, 0.1) is 18.7 Å². The van der Waals surface area contributed by atoms with Crippen LogP contribution in [0.2, 0.25) is 0 Å². The van der Waals surface area contributed by atoms with Crippen molar-refractivity contribution in [1.82, 2.24) is 9.88 Å². The van der Waals surface area contributed by atoms with E-state index in [1.807, 2.05) is 13.0 Å². The molecule has 0 spiro atoms. The normalized spacial score (nSPS) is 20.9. The highest BCUT2D eigenvalue weighted by molar-refractivity contribution is 5.95. The number of aliphatic hydroxyl groups is 1. The third-order valence-corrected chi connectivity index (χ3v) is 4.65. The lowest BCUT2D eigenvalue weighted by Gasteiger charge is -2.36. The predicted molar refractivity (Wildman–Crippen MR) is 89.1 cm³/mol. The molecule has 0 bridgehead atoms. The van der Waals surface area contributed by atoms with Gasteiger partial charge in [-0.3, -0.25) is 9.78 Å². The number of hydrogen-bond donors (Lipinski definition) is 1. The number of likely N-dealkylation sites (tertiary alicyclic amines) is 1. The van der Waals surface area contributed by atoms with Crippen LogP contribution in [0.1, 0.15) is 27.9 Å². The Labute approximate surface area is 141 Å². The quantitative estimate of drug-likeness (QED) is 0.942. The van der Waals surface area contributed by atoms with E-state index in [1.54, 1.807) is 29.4 Å². The van der Waals surface area contributed by atoms with Crippen LogP contribution >= 0.6 is 0 Å². The van der Waals surface area contributed by atoms with E-state index in [-0.39, 0.29) is 17.6 Å². The summed E-state index contributed by atoms with van der Waals surface area (Å²) in [6, 6.07) is 8.18. The van der Waals surface area contributed by atoms with Gasteiger partial charge in [0.1, 0.15) is 5.82 Å². The molecule has 1 aromatic heterocycles. The summed E-state index contributed by atoms with van der Waals surface area (Å²) in [6.07, 6.45) is 3.99. The van der Waals surface area contributed by atoms with Gasteiger partial charge in [0, 0.05) is 31.0 Å². The number of piperidine rings is 1. The van der Waals surface area contributed by atoms with Crippen LogP contribution in [-0.4, -0.2) is 40.1 Å². The molecule has 1 amide bonds. The number of benzene rings is 1. The minimum Gasteiger partial charge on any atom is -0.391 e. The maximum Gasteiger partial charge on any atom is 0.254 e. The first-order valence-electron chi connectivity index (χ1n) is 8.17. The third kappa shape index (κ3) is 3.62. The van der Waals surface area contributed by atoms with E-state index in [4.69, 9.17) is 0 Å². The van der Waals surface area contributed by atoms with E-state index in [9.17, 15) is 14.3 Å². The second-order valence-corrected chi connectivity index (χ2v) is 6.39. The highest BCUT2D eigenvalue weighted by Gasteiger charge is 2.31. The second-order valence-electron chi connectivity index (χ2n) is 6.39. The number of rotatable bonds is 3. The van der Waals surface area contributed by atoms with Crippen molar-refractivity contribution in [2.24, 2.45) is 5.92 Å². The second kappa shape index (κ2) is 7.09. The molecule has 2 atom stereocenters. The van der Waals surface area contributed by atoms with Gasteiger partial charge >= 0.3 is 0 Å². The van der Waals surface area contributed by atoms with Crippen molar-refractivity contribution in [2.45, 2.75) is 25.9 Å². The number of carbonyl (C=O) groups is 1. The fraction of sp³-hybridized carbons (Fsp3) is 0.368. The Hall–Kier alpha value is -2.27.